The van der Waals surface area contributed by atoms with Gasteiger partial charge in [0.15, 0.2) is 0 Å². The van der Waals surface area contributed by atoms with Gasteiger partial charge in [-0.2, -0.15) is 0 Å². The van der Waals surface area contributed by atoms with Gasteiger partial charge < -0.3 is 9.84 Å². The van der Waals surface area contributed by atoms with Crippen LogP contribution < -0.4 is 4.74 Å². The molecule has 2 aromatic carbocycles. The van der Waals surface area contributed by atoms with E-state index in [1.54, 1.807) is 7.11 Å². The van der Waals surface area contributed by atoms with E-state index < -0.39 is 6.10 Å². The summed E-state index contributed by atoms with van der Waals surface area (Å²) in [6, 6.07) is 12.4. The third kappa shape index (κ3) is 3.81. The molecule has 2 aromatic rings. The van der Waals surface area contributed by atoms with Crippen LogP contribution in [0.1, 0.15) is 29.2 Å². The summed E-state index contributed by atoms with van der Waals surface area (Å²) in [5.41, 5.74) is 2.58. The van der Waals surface area contributed by atoms with Gasteiger partial charge in [0.1, 0.15) is 11.6 Å². The molecule has 20 heavy (non-hydrogen) atoms. The predicted molar refractivity (Wildman–Crippen MR) is 77.4 cm³/mol. The largest absolute Gasteiger partial charge is 0.497 e. The zero-order valence-corrected chi connectivity index (χ0v) is 11.8. The summed E-state index contributed by atoms with van der Waals surface area (Å²) in [6.07, 6.45) is 0.655. The molecule has 0 heterocycles. The normalized spacial score (nSPS) is 12.2. The molecule has 0 amide bonds. The fourth-order valence-corrected chi connectivity index (χ4v) is 2.22. The maximum Gasteiger partial charge on any atom is 0.123 e. The summed E-state index contributed by atoms with van der Waals surface area (Å²) >= 11 is 0. The molecule has 0 radical (unpaired) electrons. The van der Waals surface area contributed by atoms with Gasteiger partial charge in [-0.3, -0.25) is 0 Å². The summed E-state index contributed by atoms with van der Waals surface area (Å²) < 4.78 is 18.4. The second-order valence-corrected chi connectivity index (χ2v) is 4.96. The van der Waals surface area contributed by atoms with Crippen molar-refractivity contribution >= 4 is 0 Å². The van der Waals surface area contributed by atoms with E-state index in [2.05, 4.69) is 0 Å². The molecule has 0 aliphatic rings. The minimum absolute atomic E-state index is 0.302. The first-order valence-corrected chi connectivity index (χ1v) is 6.66. The van der Waals surface area contributed by atoms with Gasteiger partial charge >= 0.3 is 0 Å². The first-order valence-electron chi connectivity index (χ1n) is 6.66. The minimum atomic E-state index is -0.647. The van der Waals surface area contributed by atoms with Crippen LogP contribution in [0.3, 0.4) is 0 Å². The lowest BCUT2D eigenvalue weighted by Crippen LogP contribution is -2.01. The van der Waals surface area contributed by atoms with Gasteiger partial charge in [-0.15, -0.1) is 0 Å². The van der Waals surface area contributed by atoms with E-state index in [0.29, 0.717) is 12.0 Å². The van der Waals surface area contributed by atoms with Crippen molar-refractivity contribution in [1.29, 1.82) is 0 Å². The van der Waals surface area contributed by atoms with E-state index in [4.69, 9.17) is 4.74 Å². The molecule has 0 saturated carbocycles. The molecule has 3 heteroatoms. The first-order chi connectivity index (χ1) is 9.58. The molecule has 1 unspecified atom stereocenters. The van der Waals surface area contributed by atoms with E-state index in [-0.39, 0.29) is 5.82 Å². The van der Waals surface area contributed by atoms with Crippen LogP contribution in [0.2, 0.25) is 0 Å². The van der Waals surface area contributed by atoms with Gasteiger partial charge in [-0.1, -0.05) is 18.2 Å². The van der Waals surface area contributed by atoms with Gasteiger partial charge in [0, 0.05) is 0 Å². The van der Waals surface area contributed by atoms with Crippen LogP contribution in [0.15, 0.2) is 42.5 Å². The number of methoxy groups -OCH3 is 1. The number of aliphatic hydroxyl groups is 1. The Morgan fingerprint density at radius 3 is 2.45 bits per heavy atom. The lowest BCUT2D eigenvalue weighted by molar-refractivity contribution is 0.167. The van der Waals surface area contributed by atoms with Gasteiger partial charge in [0.2, 0.25) is 0 Å². The lowest BCUT2D eigenvalue weighted by atomic mass is 10.00. The Morgan fingerprint density at radius 2 is 1.85 bits per heavy atom. The lowest BCUT2D eigenvalue weighted by Gasteiger charge is -2.12. The maximum absolute atomic E-state index is 13.3. The molecular formula is C17H19FO2. The van der Waals surface area contributed by atoms with Crippen LogP contribution in [-0.2, 0) is 6.42 Å². The number of halogens is 1. The Hall–Kier alpha value is -1.87. The molecule has 0 saturated heterocycles. The second-order valence-electron chi connectivity index (χ2n) is 4.96. The maximum atomic E-state index is 13.3. The summed E-state index contributed by atoms with van der Waals surface area (Å²) in [5, 5.41) is 10.1. The fraction of sp³-hybridized carbons (Fsp3) is 0.294. The van der Waals surface area contributed by atoms with Gasteiger partial charge in [-0.05, 0) is 60.7 Å². The van der Waals surface area contributed by atoms with Gasteiger partial charge in [0.25, 0.3) is 0 Å². The van der Waals surface area contributed by atoms with E-state index >= 15 is 0 Å². The third-order valence-corrected chi connectivity index (χ3v) is 3.31. The molecule has 2 nitrogen and oxygen atoms in total. The average molecular weight is 274 g/mol. The number of hydrogen-bond donors (Lipinski definition) is 1. The average Bonchev–Trinajstić information content (AvgIpc) is 2.44. The summed E-state index contributed by atoms with van der Waals surface area (Å²) in [4.78, 5) is 0. The summed E-state index contributed by atoms with van der Waals surface area (Å²) in [7, 11) is 1.63. The number of benzene rings is 2. The molecule has 1 atom stereocenters. The Morgan fingerprint density at radius 1 is 1.15 bits per heavy atom. The van der Waals surface area contributed by atoms with Gasteiger partial charge in [-0.25, -0.2) is 4.39 Å². The quantitative estimate of drug-likeness (QED) is 0.898. The van der Waals surface area contributed by atoms with Crippen molar-refractivity contribution in [2.75, 3.05) is 7.11 Å². The van der Waals surface area contributed by atoms with Crippen LogP contribution in [-0.4, -0.2) is 12.2 Å². The highest BCUT2D eigenvalue weighted by Crippen LogP contribution is 2.22. The standard InChI is InChI=1S/C17H19FO2/c1-12-9-14(11-15(18)10-12)17(19)8-5-13-3-6-16(20-2)7-4-13/h3-4,6-7,9-11,17,19H,5,8H2,1-2H3. The van der Waals surface area contributed by atoms with E-state index in [1.165, 1.54) is 12.1 Å². The number of rotatable bonds is 5. The number of aryl methyl sites for hydroxylation is 2. The molecule has 0 spiro atoms. The van der Waals surface area contributed by atoms with Crippen molar-refractivity contribution in [2.45, 2.75) is 25.9 Å². The minimum Gasteiger partial charge on any atom is -0.497 e. The van der Waals surface area contributed by atoms with Crippen LogP contribution >= 0.6 is 0 Å². The molecule has 0 bridgehead atoms. The zero-order valence-electron chi connectivity index (χ0n) is 11.8. The molecule has 0 aromatic heterocycles. The van der Waals surface area contributed by atoms with Crippen molar-refractivity contribution in [1.82, 2.24) is 0 Å². The molecule has 2 rings (SSSR count). The van der Waals surface area contributed by atoms with Crippen molar-refractivity contribution in [3.05, 3.63) is 65.0 Å². The Bertz CT molecular complexity index is 543. The Kier molecular flexibility index (Phi) is 4.74. The Labute approximate surface area is 118 Å². The highest BCUT2D eigenvalue weighted by molar-refractivity contribution is 5.28. The highest BCUT2D eigenvalue weighted by atomic mass is 19.1. The fourth-order valence-electron chi connectivity index (χ4n) is 2.22. The molecule has 0 aliphatic heterocycles. The van der Waals surface area contributed by atoms with Gasteiger partial charge in [0.05, 0.1) is 13.2 Å². The first kappa shape index (κ1) is 14.5. The number of aliphatic hydroxyl groups excluding tert-OH is 1. The molecular weight excluding hydrogens is 255 g/mol. The van der Waals surface area contributed by atoms with E-state index in [1.807, 2.05) is 37.3 Å². The second kappa shape index (κ2) is 6.53. The highest BCUT2D eigenvalue weighted by Gasteiger charge is 2.09. The Balaban J connectivity index is 1.98. The number of ether oxygens (including phenoxy) is 1. The van der Waals surface area contributed by atoms with Crippen molar-refractivity contribution in [3.8, 4) is 5.75 Å². The zero-order chi connectivity index (χ0) is 14.5. The van der Waals surface area contributed by atoms with E-state index in [0.717, 1.165) is 23.3 Å². The van der Waals surface area contributed by atoms with E-state index in [9.17, 15) is 9.50 Å². The van der Waals surface area contributed by atoms with Crippen molar-refractivity contribution < 1.29 is 14.2 Å². The van der Waals surface area contributed by atoms with Crippen LogP contribution in [0.4, 0.5) is 4.39 Å². The monoisotopic (exact) mass is 274 g/mol. The molecule has 1 N–H and O–H groups in total. The van der Waals surface area contributed by atoms with Crippen LogP contribution in [0, 0.1) is 12.7 Å². The summed E-state index contributed by atoms with van der Waals surface area (Å²) in [6.45, 7) is 1.82. The smallest absolute Gasteiger partial charge is 0.123 e. The third-order valence-electron chi connectivity index (χ3n) is 3.31. The molecule has 0 fully saturated rings. The molecule has 0 aliphatic carbocycles. The molecule has 106 valence electrons. The summed E-state index contributed by atoms with van der Waals surface area (Å²) in [5.74, 6) is 0.513. The predicted octanol–water partition coefficient (Wildman–Crippen LogP) is 3.81. The van der Waals surface area contributed by atoms with Crippen LogP contribution in [0.5, 0.6) is 5.75 Å². The topological polar surface area (TPSA) is 29.5 Å². The SMILES string of the molecule is COc1ccc(CCC(O)c2cc(C)cc(F)c2)cc1. The van der Waals surface area contributed by atoms with Crippen LogP contribution in [0.25, 0.3) is 0 Å². The van der Waals surface area contributed by atoms with Crippen molar-refractivity contribution in [3.63, 3.8) is 0 Å². The van der Waals surface area contributed by atoms with Crippen molar-refractivity contribution in [2.24, 2.45) is 0 Å². The number of hydrogen-bond acceptors (Lipinski definition) is 2.